The van der Waals surface area contributed by atoms with Crippen LogP contribution in [0.25, 0.3) is 0 Å². The summed E-state index contributed by atoms with van der Waals surface area (Å²) in [5, 5.41) is 17.0. The Bertz CT molecular complexity index is 348. The third kappa shape index (κ3) is 3.80. The van der Waals surface area contributed by atoms with Gasteiger partial charge in [-0.25, -0.2) is 0 Å². The van der Waals surface area contributed by atoms with E-state index < -0.39 is 0 Å². The number of nitrogens with two attached hydrogens (primary N) is 1. The molecule has 5 heteroatoms. The molecular weight excluding hydrogens is 216 g/mol. The molecule has 0 aliphatic carbocycles. The number of hydrogen-bond donors (Lipinski definition) is 3. The zero-order valence-electron chi connectivity index (χ0n) is 11.1. The van der Waals surface area contributed by atoms with Gasteiger partial charge in [0.2, 0.25) is 0 Å². The Balaban J connectivity index is 2.69. The molecule has 1 aromatic heterocycles. The van der Waals surface area contributed by atoms with Crippen LogP contribution in [-0.2, 0) is 7.05 Å². The van der Waals surface area contributed by atoms with E-state index in [4.69, 9.17) is 5.73 Å². The number of nitrogens with one attached hydrogen (secondary N) is 1. The number of aliphatic hydroxyl groups excluding tert-OH is 1. The summed E-state index contributed by atoms with van der Waals surface area (Å²) in [6, 6.07) is 0.320. The molecule has 17 heavy (non-hydrogen) atoms. The monoisotopic (exact) mass is 240 g/mol. The predicted molar refractivity (Wildman–Crippen MR) is 68.6 cm³/mol. The molecule has 1 heterocycles. The van der Waals surface area contributed by atoms with Gasteiger partial charge in [0.15, 0.2) is 0 Å². The maximum absolute atomic E-state index is 9.35. The normalized spacial score (nSPS) is 16.8. The van der Waals surface area contributed by atoms with E-state index in [1.807, 2.05) is 24.9 Å². The lowest BCUT2D eigenvalue weighted by Crippen LogP contribution is -2.36. The largest absolute Gasteiger partial charge is 0.393 e. The molecule has 0 spiro atoms. The van der Waals surface area contributed by atoms with Gasteiger partial charge in [-0.3, -0.25) is 4.68 Å². The Morgan fingerprint density at radius 2 is 2.18 bits per heavy atom. The molecule has 0 radical (unpaired) electrons. The van der Waals surface area contributed by atoms with Gasteiger partial charge >= 0.3 is 0 Å². The number of hydrogen-bond acceptors (Lipinski definition) is 4. The number of nitrogens with zero attached hydrogens (tertiary/aromatic N) is 2. The van der Waals surface area contributed by atoms with E-state index in [0.29, 0.717) is 6.54 Å². The first-order valence-electron chi connectivity index (χ1n) is 6.08. The van der Waals surface area contributed by atoms with Gasteiger partial charge in [0.05, 0.1) is 12.3 Å². The molecule has 0 saturated carbocycles. The van der Waals surface area contributed by atoms with Crippen LogP contribution in [0.3, 0.4) is 0 Å². The Labute approximate surface area is 103 Å². The minimum atomic E-state index is -0.300. The van der Waals surface area contributed by atoms with Crippen LogP contribution in [0, 0.1) is 6.92 Å². The van der Waals surface area contributed by atoms with Gasteiger partial charge in [0.1, 0.15) is 0 Å². The highest BCUT2D eigenvalue weighted by atomic mass is 16.3. The molecule has 0 saturated heterocycles. The Morgan fingerprint density at radius 3 is 2.59 bits per heavy atom. The summed E-state index contributed by atoms with van der Waals surface area (Å²) >= 11 is 0. The minimum Gasteiger partial charge on any atom is -0.393 e. The van der Waals surface area contributed by atoms with Crippen molar-refractivity contribution in [2.45, 2.75) is 45.4 Å². The van der Waals surface area contributed by atoms with Crippen LogP contribution < -0.4 is 11.1 Å². The fraction of sp³-hybridized carbons (Fsp3) is 0.750. The lowest BCUT2D eigenvalue weighted by molar-refractivity contribution is 0.168. The summed E-state index contributed by atoms with van der Waals surface area (Å²) in [6.45, 7) is 6.41. The van der Waals surface area contributed by atoms with Crippen LogP contribution in [-0.4, -0.2) is 33.6 Å². The highest BCUT2D eigenvalue weighted by molar-refractivity contribution is 5.21. The molecule has 0 bridgehead atoms. The zero-order chi connectivity index (χ0) is 13.0. The van der Waals surface area contributed by atoms with Gasteiger partial charge in [-0.05, 0) is 27.2 Å². The molecule has 5 nitrogen and oxygen atoms in total. The van der Waals surface area contributed by atoms with Crippen molar-refractivity contribution in [2.24, 2.45) is 12.8 Å². The van der Waals surface area contributed by atoms with Crippen LogP contribution in [0.1, 0.15) is 37.6 Å². The third-order valence-corrected chi connectivity index (χ3v) is 3.06. The van der Waals surface area contributed by atoms with Crippen LogP contribution >= 0.6 is 0 Å². The van der Waals surface area contributed by atoms with Gasteiger partial charge in [-0.2, -0.15) is 5.10 Å². The third-order valence-electron chi connectivity index (χ3n) is 3.06. The number of aryl methyl sites for hydroxylation is 1. The summed E-state index contributed by atoms with van der Waals surface area (Å²) in [7, 11) is 1.92. The fourth-order valence-electron chi connectivity index (χ4n) is 2.07. The first-order chi connectivity index (χ1) is 7.95. The molecule has 3 unspecified atom stereocenters. The number of aromatic nitrogens is 2. The fourth-order valence-corrected chi connectivity index (χ4v) is 2.07. The topological polar surface area (TPSA) is 76.1 Å². The van der Waals surface area contributed by atoms with E-state index in [2.05, 4.69) is 17.3 Å². The number of rotatable bonds is 6. The van der Waals surface area contributed by atoms with Crippen molar-refractivity contribution < 1.29 is 5.11 Å². The van der Waals surface area contributed by atoms with Crippen molar-refractivity contribution in [2.75, 3.05) is 6.54 Å². The molecule has 0 aliphatic rings. The molecule has 0 fully saturated rings. The van der Waals surface area contributed by atoms with Crippen molar-refractivity contribution in [3.63, 3.8) is 0 Å². The minimum absolute atomic E-state index is 0.0949. The predicted octanol–water partition coefficient (Wildman–Crippen LogP) is 0.477. The quantitative estimate of drug-likeness (QED) is 0.676. The van der Waals surface area contributed by atoms with E-state index in [1.165, 1.54) is 0 Å². The smallest absolute Gasteiger partial charge is 0.0540 e. The molecule has 98 valence electrons. The average Bonchev–Trinajstić information content (AvgIpc) is 2.56. The molecule has 4 N–H and O–H groups in total. The standard InChI is InChI=1S/C12H24N4O/c1-8(5-9(2)17)15-12(6-13)11-7-14-16(4)10(11)3/h7-9,12,15,17H,5-6,13H2,1-4H3. The molecule has 0 amide bonds. The number of aliphatic hydroxyl groups is 1. The van der Waals surface area contributed by atoms with E-state index >= 15 is 0 Å². The summed E-state index contributed by atoms with van der Waals surface area (Å²) in [6.07, 6.45) is 2.27. The summed E-state index contributed by atoms with van der Waals surface area (Å²) in [4.78, 5) is 0. The summed E-state index contributed by atoms with van der Waals surface area (Å²) < 4.78 is 1.85. The molecular formula is C12H24N4O. The highest BCUT2D eigenvalue weighted by Crippen LogP contribution is 2.17. The molecule has 1 aromatic rings. The van der Waals surface area contributed by atoms with Crippen LogP contribution in [0.15, 0.2) is 6.20 Å². The Kier molecular flexibility index (Phi) is 5.11. The van der Waals surface area contributed by atoms with E-state index in [1.54, 1.807) is 6.92 Å². The van der Waals surface area contributed by atoms with Gasteiger partial charge < -0.3 is 16.2 Å². The van der Waals surface area contributed by atoms with Gasteiger partial charge in [-0.1, -0.05) is 0 Å². The van der Waals surface area contributed by atoms with Crippen molar-refractivity contribution in [3.8, 4) is 0 Å². The first-order valence-corrected chi connectivity index (χ1v) is 6.08. The average molecular weight is 240 g/mol. The second-order valence-electron chi connectivity index (χ2n) is 4.75. The second-order valence-corrected chi connectivity index (χ2v) is 4.75. The van der Waals surface area contributed by atoms with Crippen molar-refractivity contribution in [1.82, 2.24) is 15.1 Å². The van der Waals surface area contributed by atoms with Gasteiger partial charge in [0.25, 0.3) is 0 Å². The highest BCUT2D eigenvalue weighted by Gasteiger charge is 2.17. The molecule has 0 aromatic carbocycles. The Hall–Kier alpha value is -0.910. The molecule has 3 atom stereocenters. The first kappa shape index (κ1) is 14.2. The maximum Gasteiger partial charge on any atom is 0.0540 e. The van der Waals surface area contributed by atoms with Crippen LogP contribution in [0.2, 0.25) is 0 Å². The maximum atomic E-state index is 9.35. The second kappa shape index (κ2) is 6.14. The van der Waals surface area contributed by atoms with E-state index in [0.717, 1.165) is 17.7 Å². The summed E-state index contributed by atoms with van der Waals surface area (Å²) in [5.41, 5.74) is 8.05. The van der Waals surface area contributed by atoms with Gasteiger partial charge in [-0.15, -0.1) is 0 Å². The van der Waals surface area contributed by atoms with Crippen molar-refractivity contribution in [1.29, 1.82) is 0 Å². The molecule has 1 rings (SSSR count). The lowest BCUT2D eigenvalue weighted by Gasteiger charge is -2.23. The van der Waals surface area contributed by atoms with Crippen LogP contribution in [0.4, 0.5) is 0 Å². The zero-order valence-corrected chi connectivity index (χ0v) is 11.1. The Morgan fingerprint density at radius 1 is 1.53 bits per heavy atom. The van der Waals surface area contributed by atoms with Crippen molar-refractivity contribution in [3.05, 3.63) is 17.5 Å². The van der Waals surface area contributed by atoms with E-state index in [-0.39, 0.29) is 18.2 Å². The SMILES string of the molecule is Cc1c(C(CN)NC(C)CC(C)O)cnn1C. The van der Waals surface area contributed by atoms with Crippen LogP contribution in [0.5, 0.6) is 0 Å². The lowest BCUT2D eigenvalue weighted by atomic mass is 10.1. The summed E-state index contributed by atoms with van der Waals surface area (Å²) in [5.74, 6) is 0. The molecule has 0 aliphatic heterocycles. The van der Waals surface area contributed by atoms with Gasteiger partial charge in [0, 0.05) is 36.9 Å². The van der Waals surface area contributed by atoms with Crippen molar-refractivity contribution >= 4 is 0 Å². The van der Waals surface area contributed by atoms with E-state index in [9.17, 15) is 5.11 Å².